The third-order valence-corrected chi connectivity index (χ3v) is 1.60. The van der Waals surface area contributed by atoms with Crippen LogP contribution in [0.4, 0.5) is 0 Å². The summed E-state index contributed by atoms with van der Waals surface area (Å²) in [5.41, 5.74) is 0. The van der Waals surface area contributed by atoms with Gasteiger partial charge in [0.2, 0.25) is 0 Å². The van der Waals surface area contributed by atoms with E-state index < -0.39 is 24.3 Å². The van der Waals surface area contributed by atoms with E-state index in [1.807, 2.05) is 0 Å². The molecule has 0 radical (unpaired) electrons. The lowest BCUT2D eigenvalue weighted by molar-refractivity contribution is 0.106. The van der Waals surface area contributed by atoms with Crippen LogP contribution >= 0.6 is 0 Å². The Bertz CT molecular complexity index is 250. The van der Waals surface area contributed by atoms with Gasteiger partial charge in [0, 0.05) is 0 Å². The molecule has 0 aromatic rings. The number of aliphatic hydroxyl groups excluding tert-OH is 2. The van der Waals surface area contributed by atoms with E-state index in [1.54, 1.807) is 12.1 Å². The van der Waals surface area contributed by atoms with Gasteiger partial charge in [0.25, 0.3) is 0 Å². The van der Waals surface area contributed by atoms with Gasteiger partial charge in [-0.2, -0.15) is 20.8 Å². The second-order valence-electron chi connectivity index (χ2n) is 2.89. The summed E-state index contributed by atoms with van der Waals surface area (Å²) >= 11 is 0. The van der Waals surface area contributed by atoms with Crippen molar-refractivity contribution in [2.24, 2.45) is 22.1 Å². The van der Waals surface area contributed by atoms with Crippen LogP contribution in [0.15, 0.2) is 10.2 Å². The molecule has 4 unspecified atom stereocenters. The van der Waals surface area contributed by atoms with Crippen LogP contribution in [-0.2, 0) is 0 Å². The molecule has 0 aromatic carbocycles. The van der Waals surface area contributed by atoms with E-state index in [1.165, 1.54) is 13.8 Å². The van der Waals surface area contributed by atoms with Crippen molar-refractivity contribution in [1.29, 1.82) is 10.5 Å². The molecule has 0 fully saturated rings. The molecule has 0 heterocycles. The predicted molar refractivity (Wildman–Crippen MR) is 46.4 cm³/mol. The Morgan fingerprint density at radius 2 is 1.21 bits per heavy atom. The van der Waals surface area contributed by atoms with Gasteiger partial charge in [-0.15, -0.1) is 0 Å². The van der Waals surface area contributed by atoms with Gasteiger partial charge in [0.15, 0.2) is 12.5 Å². The molecule has 14 heavy (non-hydrogen) atoms. The Morgan fingerprint density at radius 1 is 0.929 bits per heavy atom. The van der Waals surface area contributed by atoms with Crippen molar-refractivity contribution in [3.05, 3.63) is 0 Å². The normalized spacial score (nSPS) is 19.3. The van der Waals surface area contributed by atoms with Gasteiger partial charge in [0.05, 0.1) is 24.0 Å². The Hall–Kier alpha value is -1.50. The molecule has 0 aliphatic rings. The van der Waals surface area contributed by atoms with Gasteiger partial charge in [-0.25, -0.2) is 0 Å². The third kappa shape index (κ3) is 3.94. The summed E-state index contributed by atoms with van der Waals surface area (Å²) in [7, 11) is 0. The fraction of sp³-hybridized carbons (Fsp3) is 0.750. The third-order valence-electron chi connectivity index (χ3n) is 1.60. The monoisotopic (exact) mass is 196 g/mol. The minimum Gasteiger partial charge on any atom is -0.369 e. The highest BCUT2D eigenvalue weighted by Crippen LogP contribution is 2.07. The molecule has 0 aliphatic carbocycles. The standard InChI is InChI=1S/C8H12N4O2/c1-5(3-9)7(13)11-12-8(14)6(2)4-10/h5-8,13-14H,1-2H3/b12-11+. The molecule has 2 N–H and O–H groups in total. The molecule has 4 atom stereocenters. The molecule has 76 valence electrons. The molecule has 0 bridgehead atoms. The van der Waals surface area contributed by atoms with Crippen LogP contribution in [0.3, 0.4) is 0 Å². The summed E-state index contributed by atoms with van der Waals surface area (Å²) in [4.78, 5) is 0. The predicted octanol–water partition coefficient (Wildman–Crippen LogP) is 0.395. The number of nitrogens with zero attached hydrogens (tertiary/aromatic N) is 4. The first kappa shape index (κ1) is 12.5. The van der Waals surface area contributed by atoms with Crippen LogP contribution in [0.2, 0.25) is 0 Å². The lowest BCUT2D eigenvalue weighted by Crippen LogP contribution is -2.16. The average Bonchev–Trinajstić information content (AvgIpc) is 2.22. The molecule has 6 nitrogen and oxygen atoms in total. The van der Waals surface area contributed by atoms with Gasteiger partial charge in [-0.1, -0.05) is 0 Å². The molecule has 0 aromatic heterocycles. The van der Waals surface area contributed by atoms with E-state index in [2.05, 4.69) is 10.2 Å². The number of hydrogen-bond donors (Lipinski definition) is 2. The Balaban J connectivity index is 4.19. The highest BCUT2D eigenvalue weighted by molar-refractivity contribution is 4.84. The second-order valence-corrected chi connectivity index (χ2v) is 2.89. The van der Waals surface area contributed by atoms with E-state index in [0.29, 0.717) is 0 Å². The molecular formula is C8H12N4O2. The Morgan fingerprint density at radius 3 is 1.43 bits per heavy atom. The molecular weight excluding hydrogens is 184 g/mol. The lowest BCUT2D eigenvalue weighted by Gasteiger charge is -2.08. The zero-order valence-corrected chi connectivity index (χ0v) is 7.99. The molecule has 0 spiro atoms. The van der Waals surface area contributed by atoms with Crippen molar-refractivity contribution in [3.63, 3.8) is 0 Å². The first-order chi connectivity index (χ1) is 6.52. The molecule has 0 amide bonds. The molecule has 0 rings (SSSR count). The summed E-state index contributed by atoms with van der Waals surface area (Å²) in [5.74, 6) is -1.38. The van der Waals surface area contributed by atoms with Crippen LogP contribution < -0.4 is 0 Å². The average molecular weight is 196 g/mol. The number of nitriles is 2. The first-order valence-electron chi connectivity index (χ1n) is 4.08. The lowest BCUT2D eigenvalue weighted by atomic mass is 10.2. The van der Waals surface area contributed by atoms with Crippen molar-refractivity contribution in [1.82, 2.24) is 0 Å². The van der Waals surface area contributed by atoms with Gasteiger partial charge < -0.3 is 10.2 Å². The van der Waals surface area contributed by atoms with E-state index in [-0.39, 0.29) is 0 Å². The van der Waals surface area contributed by atoms with E-state index in [4.69, 9.17) is 20.7 Å². The van der Waals surface area contributed by atoms with Gasteiger partial charge in [0.1, 0.15) is 0 Å². The van der Waals surface area contributed by atoms with Crippen LogP contribution in [0.25, 0.3) is 0 Å². The molecule has 0 saturated heterocycles. The largest absolute Gasteiger partial charge is 0.369 e. The fourth-order valence-corrected chi connectivity index (χ4v) is 0.470. The highest BCUT2D eigenvalue weighted by atomic mass is 16.3. The maximum Gasteiger partial charge on any atom is 0.181 e. The Labute approximate surface area is 82.1 Å². The fourth-order valence-electron chi connectivity index (χ4n) is 0.470. The second kappa shape index (κ2) is 6.03. The van der Waals surface area contributed by atoms with Crippen molar-refractivity contribution in [2.75, 3.05) is 0 Å². The molecule has 0 saturated carbocycles. The van der Waals surface area contributed by atoms with Crippen molar-refractivity contribution >= 4 is 0 Å². The summed E-state index contributed by atoms with van der Waals surface area (Å²) in [5, 5.41) is 41.7. The van der Waals surface area contributed by atoms with E-state index in [9.17, 15) is 0 Å². The van der Waals surface area contributed by atoms with Crippen molar-refractivity contribution < 1.29 is 10.2 Å². The quantitative estimate of drug-likeness (QED) is 0.633. The minimum absolute atomic E-state index is 0.691. The van der Waals surface area contributed by atoms with E-state index in [0.717, 1.165) is 0 Å². The van der Waals surface area contributed by atoms with Gasteiger partial charge in [-0.05, 0) is 13.8 Å². The van der Waals surface area contributed by atoms with Crippen LogP contribution in [0.5, 0.6) is 0 Å². The molecule has 0 aliphatic heterocycles. The van der Waals surface area contributed by atoms with Crippen LogP contribution in [-0.4, -0.2) is 22.7 Å². The van der Waals surface area contributed by atoms with Gasteiger partial charge >= 0.3 is 0 Å². The Kier molecular flexibility index (Phi) is 5.38. The smallest absolute Gasteiger partial charge is 0.181 e. The van der Waals surface area contributed by atoms with Gasteiger partial charge in [-0.3, -0.25) is 0 Å². The zero-order valence-electron chi connectivity index (χ0n) is 7.99. The summed E-state index contributed by atoms with van der Waals surface area (Å²) in [6.45, 7) is 2.95. The maximum absolute atomic E-state index is 9.14. The summed E-state index contributed by atoms with van der Waals surface area (Å²) in [6, 6.07) is 3.56. The molecule has 6 heteroatoms. The van der Waals surface area contributed by atoms with Crippen molar-refractivity contribution in [3.8, 4) is 12.1 Å². The first-order valence-corrected chi connectivity index (χ1v) is 4.08. The van der Waals surface area contributed by atoms with Crippen LogP contribution in [0, 0.1) is 34.5 Å². The van der Waals surface area contributed by atoms with Crippen LogP contribution in [0.1, 0.15) is 13.8 Å². The number of azo groups is 1. The number of rotatable bonds is 4. The summed E-state index contributed by atoms with van der Waals surface area (Å²) < 4.78 is 0. The number of aliphatic hydroxyl groups is 2. The zero-order chi connectivity index (χ0) is 11.1. The summed E-state index contributed by atoms with van der Waals surface area (Å²) in [6.07, 6.45) is -2.53. The topological polar surface area (TPSA) is 113 Å². The van der Waals surface area contributed by atoms with E-state index >= 15 is 0 Å². The van der Waals surface area contributed by atoms with Crippen molar-refractivity contribution in [2.45, 2.75) is 26.3 Å². The SMILES string of the molecule is CC(C#N)C(O)/N=N/C(O)C(C)C#N. The highest BCUT2D eigenvalue weighted by Gasteiger charge is 2.15. The minimum atomic E-state index is -1.26. The number of hydrogen-bond acceptors (Lipinski definition) is 6. The maximum atomic E-state index is 9.14.